The minimum Gasteiger partial charge on any atom is -0.461 e. The van der Waals surface area contributed by atoms with Crippen LogP contribution < -0.4 is 4.89 Å². The number of esters is 1. The lowest BCUT2D eigenvalue weighted by Gasteiger charge is -2.17. The third kappa shape index (κ3) is 7.71. The minimum absolute atomic E-state index is 0.157. The molecule has 0 saturated heterocycles. The molecule has 0 saturated carbocycles. The van der Waals surface area contributed by atoms with E-state index in [0.717, 1.165) is 25.7 Å². The Morgan fingerprint density at radius 3 is 2.43 bits per heavy atom. The van der Waals surface area contributed by atoms with Crippen LogP contribution in [-0.4, -0.2) is 18.2 Å². The second-order valence-electron chi connectivity index (χ2n) is 5.32. The van der Waals surface area contributed by atoms with E-state index in [4.69, 9.17) is 14.5 Å². The monoisotopic (exact) mass is 294 g/mol. The maximum Gasteiger partial charge on any atom is 0.340 e. The number of hydrogen-bond donors (Lipinski definition) is 0. The Bertz CT molecular complexity index is 389. The van der Waals surface area contributed by atoms with Crippen LogP contribution in [-0.2, 0) is 14.4 Å². The summed E-state index contributed by atoms with van der Waals surface area (Å²) >= 11 is 0. The molecule has 0 bridgehead atoms. The highest BCUT2D eigenvalue weighted by atomic mass is 17.2. The zero-order chi connectivity index (χ0) is 15.5. The van der Waals surface area contributed by atoms with E-state index >= 15 is 0 Å². The lowest BCUT2D eigenvalue weighted by molar-refractivity contribution is -0.251. The van der Waals surface area contributed by atoms with Gasteiger partial charge in [-0.15, -0.1) is 0 Å². The van der Waals surface area contributed by atoms with Crippen molar-refractivity contribution in [3.05, 3.63) is 30.3 Å². The maximum absolute atomic E-state index is 12.0. The molecular formula is C17H26O4. The highest BCUT2D eigenvalue weighted by Gasteiger charge is 2.23. The number of carbonyl (C=O) groups is 1. The van der Waals surface area contributed by atoms with Crippen molar-refractivity contribution in [1.82, 2.24) is 0 Å². The first kappa shape index (κ1) is 17.5. The molecule has 1 atom stereocenters. The molecule has 1 unspecified atom stereocenters. The first-order valence-corrected chi connectivity index (χ1v) is 7.72. The van der Waals surface area contributed by atoms with Crippen LogP contribution in [0.15, 0.2) is 30.3 Å². The molecule has 1 rings (SSSR count). The van der Waals surface area contributed by atoms with Gasteiger partial charge in [-0.25, -0.2) is 4.79 Å². The second kappa shape index (κ2) is 10.2. The van der Waals surface area contributed by atoms with Crippen LogP contribution in [0.25, 0.3) is 0 Å². The number of carbonyl (C=O) groups excluding carboxylic acids is 1. The summed E-state index contributed by atoms with van der Waals surface area (Å²) in [5.41, 5.74) is 0. The molecule has 0 N–H and O–H groups in total. The Balaban J connectivity index is 2.48. The van der Waals surface area contributed by atoms with Gasteiger partial charge in [-0.05, 0) is 32.4 Å². The summed E-state index contributed by atoms with van der Waals surface area (Å²) in [5, 5.41) is 0. The molecular weight excluding hydrogens is 268 g/mol. The smallest absolute Gasteiger partial charge is 0.340 e. The molecule has 118 valence electrons. The van der Waals surface area contributed by atoms with Gasteiger partial charge in [-0.2, -0.15) is 4.89 Å². The number of para-hydroxylation sites is 1. The molecule has 0 fully saturated rings. The first-order valence-electron chi connectivity index (χ1n) is 7.72. The zero-order valence-corrected chi connectivity index (χ0v) is 13.2. The topological polar surface area (TPSA) is 44.8 Å². The zero-order valence-electron chi connectivity index (χ0n) is 13.2. The standard InChI is InChI=1S/C17H26O4/c1-4-5-6-10-13-16(17(18)19-14(2)3)21-20-15-11-8-7-9-12-15/h7-9,11-12,14,16H,4-6,10,13H2,1-3H3. The van der Waals surface area contributed by atoms with Crippen LogP contribution in [0.1, 0.15) is 52.9 Å². The van der Waals surface area contributed by atoms with Crippen molar-refractivity contribution < 1.29 is 19.3 Å². The number of benzene rings is 1. The molecule has 1 aromatic rings. The van der Waals surface area contributed by atoms with Crippen LogP contribution >= 0.6 is 0 Å². The Morgan fingerprint density at radius 2 is 1.81 bits per heavy atom. The molecule has 0 aliphatic rings. The van der Waals surface area contributed by atoms with Crippen molar-refractivity contribution in [2.24, 2.45) is 0 Å². The molecule has 0 radical (unpaired) electrons. The lowest BCUT2D eigenvalue weighted by atomic mass is 10.1. The Labute approximate surface area is 127 Å². The van der Waals surface area contributed by atoms with Crippen molar-refractivity contribution in [2.45, 2.75) is 65.1 Å². The van der Waals surface area contributed by atoms with Gasteiger partial charge in [0.2, 0.25) is 6.10 Å². The molecule has 1 aromatic carbocycles. The summed E-state index contributed by atoms with van der Waals surface area (Å²) in [4.78, 5) is 22.5. The van der Waals surface area contributed by atoms with Gasteiger partial charge in [0.05, 0.1) is 6.10 Å². The van der Waals surface area contributed by atoms with Gasteiger partial charge in [0, 0.05) is 0 Å². The van der Waals surface area contributed by atoms with E-state index in [-0.39, 0.29) is 12.1 Å². The van der Waals surface area contributed by atoms with E-state index in [2.05, 4.69) is 6.92 Å². The lowest BCUT2D eigenvalue weighted by Crippen LogP contribution is -2.30. The molecule has 0 spiro atoms. The summed E-state index contributed by atoms with van der Waals surface area (Å²) in [6.07, 6.45) is 4.09. The largest absolute Gasteiger partial charge is 0.461 e. The van der Waals surface area contributed by atoms with E-state index in [1.54, 1.807) is 12.1 Å². The number of ether oxygens (including phenoxy) is 1. The highest BCUT2D eigenvalue weighted by molar-refractivity contribution is 5.74. The van der Waals surface area contributed by atoms with E-state index in [1.165, 1.54) is 0 Å². The first-order chi connectivity index (χ1) is 10.1. The van der Waals surface area contributed by atoms with Gasteiger partial charge >= 0.3 is 5.97 Å². The molecule has 0 aromatic heterocycles. The van der Waals surface area contributed by atoms with Gasteiger partial charge in [0.25, 0.3) is 0 Å². The summed E-state index contributed by atoms with van der Waals surface area (Å²) in [7, 11) is 0. The molecule has 0 aliphatic heterocycles. The normalized spacial score (nSPS) is 12.2. The van der Waals surface area contributed by atoms with Crippen molar-refractivity contribution in [3.63, 3.8) is 0 Å². The average molecular weight is 294 g/mol. The van der Waals surface area contributed by atoms with Crippen LogP contribution in [0.5, 0.6) is 5.75 Å². The quantitative estimate of drug-likeness (QED) is 0.279. The minimum atomic E-state index is -0.676. The van der Waals surface area contributed by atoms with E-state index in [1.807, 2.05) is 32.0 Å². The number of hydrogen-bond acceptors (Lipinski definition) is 4. The predicted molar refractivity (Wildman–Crippen MR) is 81.9 cm³/mol. The second-order valence-corrected chi connectivity index (χ2v) is 5.32. The summed E-state index contributed by atoms with van der Waals surface area (Å²) in [5.74, 6) is 0.214. The third-order valence-corrected chi connectivity index (χ3v) is 2.94. The van der Waals surface area contributed by atoms with Gasteiger partial charge < -0.3 is 9.62 Å². The Kier molecular flexibility index (Phi) is 8.51. The van der Waals surface area contributed by atoms with Crippen LogP contribution in [0, 0.1) is 0 Å². The highest BCUT2D eigenvalue weighted by Crippen LogP contribution is 2.15. The maximum atomic E-state index is 12.0. The van der Waals surface area contributed by atoms with E-state index in [9.17, 15) is 4.79 Å². The molecule has 21 heavy (non-hydrogen) atoms. The Hall–Kier alpha value is -1.55. The van der Waals surface area contributed by atoms with Crippen molar-refractivity contribution in [2.75, 3.05) is 0 Å². The fraction of sp³-hybridized carbons (Fsp3) is 0.588. The molecule has 0 aliphatic carbocycles. The number of rotatable bonds is 10. The Morgan fingerprint density at radius 1 is 1.10 bits per heavy atom. The predicted octanol–water partition coefficient (Wildman–Crippen LogP) is 4.29. The van der Waals surface area contributed by atoms with Gasteiger partial charge in [-0.1, -0.05) is 50.8 Å². The van der Waals surface area contributed by atoms with Crippen LogP contribution in [0.4, 0.5) is 0 Å². The summed E-state index contributed by atoms with van der Waals surface area (Å²) in [6.45, 7) is 5.80. The molecule has 0 amide bonds. The fourth-order valence-electron chi connectivity index (χ4n) is 1.86. The van der Waals surface area contributed by atoms with Gasteiger partial charge in [0.15, 0.2) is 5.75 Å². The molecule has 4 heteroatoms. The third-order valence-electron chi connectivity index (χ3n) is 2.94. The average Bonchev–Trinajstić information content (AvgIpc) is 2.46. The van der Waals surface area contributed by atoms with Gasteiger partial charge in [0.1, 0.15) is 0 Å². The van der Waals surface area contributed by atoms with Crippen LogP contribution in [0.3, 0.4) is 0 Å². The fourth-order valence-corrected chi connectivity index (χ4v) is 1.86. The van der Waals surface area contributed by atoms with Crippen molar-refractivity contribution in [3.8, 4) is 5.75 Å². The van der Waals surface area contributed by atoms with Crippen molar-refractivity contribution in [1.29, 1.82) is 0 Å². The van der Waals surface area contributed by atoms with E-state index < -0.39 is 6.10 Å². The number of unbranched alkanes of at least 4 members (excludes halogenated alkanes) is 3. The van der Waals surface area contributed by atoms with Gasteiger partial charge in [-0.3, -0.25) is 0 Å². The van der Waals surface area contributed by atoms with Crippen LogP contribution in [0.2, 0.25) is 0 Å². The summed E-state index contributed by atoms with van der Waals surface area (Å²) in [6, 6.07) is 9.15. The van der Waals surface area contributed by atoms with E-state index in [0.29, 0.717) is 12.2 Å². The van der Waals surface area contributed by atoms with Crippen molar-refractivity contribution >= 4 is 5.97 Å². The SMILES string of the molecule is CCCCCCC(OOc1ccccc1)C(=O)OC(C)C. The molecule has 0 heterocycles. The summed E-state index contributed by atoms with van der Waals surface area (Å²) < 4.78 is 5.21. The molecule has 4 nitrogen and oxygen atoms in total.